The molecule has 1 heterocycles. The first kappa shape index (κ1) is 16.6. The van der Waals surface area contributed by atoms with Crippen molar-refractivity contribution >= 4 is 11.9 Å². The number of carbonyl (C=O) groups excluding carboxylic acids is 1. The van der Waals surface area contributed by atoms with E-state index in [0.717, 1.165) is 12.8 Å². The van der Waals surface area contributed by atoms with E-state index in [4.69, 9.17) is 9.47 Å². The Morgan fingerprint density at radius 1 is 1.29 bits per heavy atom. The molecule has 0 spiro atoms. The quantitative estimate of drug-likeness (QED) is 0.865. The molecule has 2 atom stereocenters. The van der Waals surface area contributed by atoms with E-state index in [1.165, 1.54) is 0 Å². The monoisotopic (exact) mass is 333 g/mol. The molecule has 0 aromatic heterocycles. The molecule has 1 aliphatic heterocycles. The van der Waals surface area contributed by atoms with Crippen LogP contribution in [0.4, 0.5) is 0 Å². The zero-order chi connectivity index (χ0) is 17.3. The van der Waals surface area contributed by atoms with Gasteiger partial charge in [-0.3, -0.25) is 9.59 Å². The highest BCUT2D eigenvalue weighted by molar-refractivity contribution is 5.98. The lowest BCUT2D eigenvalue weighted by atomic mass is 10.0. The maximum Gasteiger partial charge on any atom is 0.308 e. The zero-order valence-corrected chi connectivity index (χ0v) is 14.0. The largest absolute Gasteiger partial charge is 0.497 e. The summed E-state index contributed by atoms with van der Waals surface area (Å²) in [6.07, 6.45) is 2.81. The van der Waals surface area contributed by atoms with Crippen LogP contribution in [0.5, 0.6) is 11.5 Å². The van der Waals surface area contributed by atoms with Crippen LogP contribution >= 0.6 is 0 Å². The highest BCUT2D eigenvalue weighted by Crippen LogP contribution is 2.33. The van der Waals surface area contributed by atoms with Crippen molar-refractivity contribution in [3.05, 3.63) is 23.8 Å². The summed E-state index contributed by atoms with van der Waals surface area (Å²) < 4.78 is 11.1. The molecule has 1 aromatic carbocycles. The van der Waals surface area contributed by atoms with Crippen LogP contribution in [0.3, 0.4) is 0 Å². The fourth-order valence-electron chi connectivity index (χ4n) is 3.13. The van der Waals surface area contributed by atoms with Crippen molar-refractivity contribution in [3.8, 4) is 11.5 Å². The molecule has 2 fully saturated rings. The van der Waals surface area contributed by atoms with Crippen molar-refractivity contribution in [1.29, 1.82) is 0 Å². The second-order valence-corrected chi connectivity index (χ2v) is 6.59. The Labute approximate surface area is 141 Å². The van der Waals surface area contributed by atoms with Crippen LogP contribution < -0.4 is 9.47 Å². The summed E-state index contributed by atoms with van der Waals surface area (Å²) >= 11 is 0. The van der Waals surface area contributed by atoms with Gasteiger partial charge in [0.2, 0.25) is 0 Å². The Morgan fingerprint density at radius 2 is 2.04 bits per heavy atom. The third-order valence-corrected chi connectivity index (χ3v) is 4.92. The summed E-state index contributed by atoms with van der Waals surface area (Å²) in [5.41, 5.74) is 0.467. The van der Waals surface area contributed by atoms with Gasteiger partial charge in [-0.15, -0.1) is 0 Å². The zero-order valence-electron chi connectivity index (χ0n) is 14.0. The average molecular weight is 333 g/mol. The number of ether oxygens (including phenoxy) is 2. The van der Waals surface area contributed by atoms with E-state index >= 15 is 0 Å². The molecule has 1 saturated carbocycles. The predicted molar refractivity (Wildman–Crippen MR) is 87.5 cm³/mol. The predicted octanol–water partition coefficient (Wildman–Crippen LogP) is 2.42. The first-order valence-corrected chi connectivity index (χ1v) is 8.36. The van der Waals surface area contributed by atoms with Crippen molar-refractivity contribution < 1.29 is 24.2 Å². The molecule has 1 amide bonds. The van der Waals surface area contributed by atoms with E-state index in [-0.39, 0.29) is 11.9 Å². The molecular weight excluding hydrogens is 310 g/mol. The molecular formula is C18H23NO5. The third-order valence-electron chi connectivity index (χ3n) is 4.92. The number of carboxylic acid groups (broad SMARTS) is 1. The van der Waals surface area contributed by atoms with E-state index in [1.807, 2.05) is 0 Å². The van der Waals surface area contributed by atoms with Gasteiger partial charge in [0.05, 0.1) is 25.2 Å². The number of hydrogen-bond acceptors (Lipinski definition) is 4. The van der Waals surface area contributed by atoms with Gasteiger partial charge in [-0.2, -0.15) is 0 Å². The smallest absolute Gasteiger partial charge is 0.308 e. The van der Waals surface area contributed by atoms with E-state index in [0.29, 0.717) is 42.6 Å². The fraction of sp³-hybridized carbons (Fsp3) is 0.556. The second-order valence-electron chi connectivity index (χ2n) is 6.59. The number of methoxy groups -OCH3 is 1. The Balaban J connectivity index is 1.81. The number of likely N-dealkylation sites (tertiary alicyclic amines) is 1. The molecule has 0 radical (unpaired) electrons. The lowest BCUT2D eigenvalue weighted by Crippen LogP contribution is -2.37. The Morgan fingerprint density at radius 3 is 2.62 bits per heavy atom. The lowest BCUT2D eigenvalue weighted by Gasteiger charge is -2.24. The van der Waals surface area contributed by atoms with Gasteiger partial charge < -0.3 is 19.5 Å². The van der Waals surface area contributed by atoms with E-state index in [1.54, 1.807) is 37.1 Å². The van der Waals surface area contributed by atoms with Gasteiger partial charge in [-0.25, -0.2) is 0 Å². The molecule has 3 rings (SSSR count). The Kier molecular flexibility index (Phi) is 4.64. The summed E-state index contributed by atoms with van der Waals surface area (Å²) in [7, 11) is 1.57. The van der Waals surface area contributed by atoms with Crippen molar-refractivity contribution in [3.63, 3.8) is 0 Å². The minimum Gasteiger partial charge on any atom is -0.497 e. The maximum absolute atomic E-state index is 12.9. The topological polar surface area (TPSA) is 76.1 Å². The lowest BCUT2D eigenvalue weighted by molar-refractivity contribution is -0.142. The molecule has 130 valence electrons. The fourth-order valence-corrected chi connectivity index (χ4v) is 3.13. The molecule has 6 nitrogen and oxygen atoms in total. The van der Waals surface area contributed by atoms with Crippen LogP contribution in [0.25, 0.3) is 0 Å². The molecule has 2 unspecified atom stereocenters. The van der Waals surface area contributed by atoms with Crippen LogP contribution in [-0.4, -0.2) is 48.2 Å². The number of rotatable bonds is 6. The molecule has 0 bridgehead atoms. The van der Waals surface area contributed by atoms with Crippen LogP contribution in [0, 0.1) is 11.8 Å². The standard InChI is InChI=1S/C18H23NO5/c1-11-14(18(21)22)7-8-19(11)17(20)15-6-5-13(23-2)9-16(15)24-10-12-3-4-12/h5-6,9,11-12,14H,3-4,7-8,10H2,1-2H3,(H,21,22). The Hall–Kier alpha value is -2.24. The number of hydrogen-bond donors (Lipinski definition) is 1. The molecule has 1 N–H and O–H groups in total. The molecule has 1 saturated heterocycles. The third kappa shape index (κ3) is 3.32. The van der Waals surface area contributed by atoms with E-state index in [9.17, 15) is 14.7 Å². The summed E-state index contributed by atoms with van der Waals surface area (Å²) in [5.74, 6) is 0.175. The Bertz CT molecular complexity index is 640. The summed E-state index contributed by atoms with van der Waals surface area (Å²) in [6.45, 7) is 2.84. The first-order chi connectivity index (χ1) is 11.5. The van der Waals surface area contributed by atoms with Gasteiger partial charge in [0.1, 0.15) is 11.5 Å². The van der Waals surface area contributed by atoms with Crippen LogP contribution in [-0.2, 0) is 4.79 Å². The number of aliphatic carboxylic acids is 1. The van der Waals surface area contributed by atoms with Gasteiger partial charge >= 0.3 is 5.97 Å². The van der Waals surface area contributed by atoms with Crippen molar-refractivity contribution in [2.75, 3.05) is 20.3 Å². The minimum absolute atomic E-state index is 0.181. The van der Waals surface area contributed by atoms with Crippen LogP contribution in [0.2, 0.25) is 0 Å². The van der Waals surface area contributed by atoms with Crippen molar-refractivity contribution in [2.24, 2.45) is 11.8 Å². The number of nitrogens with zero attached hydrogens (tertiary/aromatic N) is 1. The highest BCUT2D eigenvalue weighted by Gasteiger charge is 2.39. The van der Waals surface area contributed by atoms with Gasteiger partial charge in [0, 0.05) is 18.7 Å². The van der Waals surface area contributed by atoms with E-state index in [2.05, 4.69) is 0 Å². The summed E-state index contributed by atoms with van der Waals surface area (Å²) in [4.78, 5) is 25.8. The number of carboxylic acids is 1. The second kappa shape index (κ2) is 6.71. The first-order valence-electron chi connectivity index (χ1n) is 8.36. The van der Waals surface area contributed by atoms with E-state index < -0.39 is 11.9 Å². The summed E-state index contributed by atoms with van der Waals surface area (Å²) in [5, 5.41) is 9.25. The van der Waals surface area contributed by atoms with Gasteiger partial charge in [0.15, 0.2) is 0 Å². The average Bonchev–Trinajstić information content (AvgIpc) is 3.32. The SMILES string of the molecule is COc1ccc(C(=O)N2CCC(C(=O)O)C2C)c(OCC2CC2)c1. The van der Waals surface area contributed by atoms with Crippen molar-refractivity contribution in [1.82, 2.24) is 4.90 Å². The molecule has 6 heteroatoms. The molecule has 1 aliphatic carbocycles. The minimum atomic E-state index is -0.849. The number of amides is 1. The number of benzene rings is 1. The van der Waals surface area contributed by atoms with Crippen molar-refractivity contribution in [2.45, 2.75) is 32.2 Å². The molecule has 24 heavy (non-hydrogen) atoms. The van der Waals surface area contributed by atoms with Crippen LogP contribution in [0.15, 0.2) is 18.2 Å². The molecule has 1 aromatic rings. The summed E-state index contributed by atoms with van der Waals surface area (Å²) in [6, 6.07) is 4.83. The number of carbonyl (C=O) groups is 2. The van der Waals surface area contributed by atoms with Gasteiger partial charge in [-0.05, 0) is 44.2 Å². The van der Waals surface area contributed by atoms with Crippen LogP contribution in [0.1, 0.15) is 36.5 Å². The maximum atomic E-state index is 12.9. The molecule has 2 aliphatic rings. The van der Waals surface area contributed by atoms with Gasteiger partial charge in [-0.1, -0.05) is 0 Å². The normalized spacial score (nSPS) is 23.2. The van der Waals surface area contributed by atoms with Gasteiger partial charge in [0.25, 0.3) is 5.91 Å². The highest BCUT2D eigenvalue weighted by atomic mass is 16.5.